The second-order valence-corrected chi connectivity index (χ2v) is 7.48. The summed E-state index contributed by atoms with van der Waals surface area (Å²) in [4.78, 5) is 18.6. The van der Waals surface area contributed by atoms with Crippen LogP contribution in [0.1, 0.15) is 21.6 Å². The van der Waals surface area contributed by atoms with Gasteiger partial charge in [0.15, 0.2) is 0 Å². The van der Waals surface area contributed by atoms with Crippen molar-refractivity contribution in [2.24, 2.45) is 0 Å². The van der Waals surface area contributed by atoms with Gasteiger partial charge in [0.1, 0.15) is 5.15 Å². The highest BCUT2D eigenvalue weighted by molar-refractivity contribution is 6.35. The number of rotatable bonds is 5. The molecule has 1 saturated heterocycles. The maximum atomic E-state index is 12.7. The third-order valence-electron chi connectivity index (χ3n) is 4.21. The highest BCUT2D eigenvalue weighted by Crippen LogP contribution is 2.25. The maximum Gasteiger partial charge on any atom is 0.254 e. The molecule has 2 aromatic rings. The monoisotopic (exact) mass is 428 g/mol. The number of pyridine rings is 1. The first-order chi connectivity index (χ1) is 12.9. The van der Waals surface area contributed by atoms with Crippen LogP contribution in [0.2, 0.25) is 15.2 Å². The van der Waals surface area contributed by atoms with E-state index in [4.69, 9.17) is 44.3 Å². The Bertz CT molecular complexity index is 791. The minimum atomic E-state index is -0.220. The van der Waals surface area contributed by atoms with E-state index in [9.17, 15) is 4.79 Å². The molecular weight excluding hydrogens is 411 g/mol. The van der Waals surface area contributed by atoms with E-state index in [1.54, 1.807) is 42.2 Å². The summed E-state index contributed by atoms with van der Waals surface area (Å²) in [5.41, 5.74) is 1.97. The second-order valence-electron chi connectivity index (χ2n) is 6.28. The molecule has 1 fully saturated rings. The fraction of sp³-hybridized carbons (Fsp3) is 0.368. The van der Waals surface area contributed by atoms with Gasteiger partial charge in [-0.1, -0.05) is 40.9 Å². The number of hydrogen-bond acceptors (Lipinski definition) is 4. The van der Waals surface area contributed by atoms with Crippen molar-refractivity contribution in [3.8, 4) is 0 Å². The Labute approximate surface area is 173 Å². The zero-order valence-electron chi connectivity index (χ0n) is 14.8. The fourth-order valence-corrected chi connectivity index (χ4v) is 3.66. The quantitative estimate of drug-likeness (QED) is 0.661. The Morgan fingerprint density at radius 1 is 1.30 bits per heavy atom. The number of nitrogens with zero attached hydrogens (tertiary/aromatic N) is 2. The second kappa shape index (κ2) is 9.22. The predicted octanol–water partition coefficient (Wildman–Crippen LogP) is 4.41. The summed E-state index contributed by atoms with van der Waals surface area (Å²) in [5.74, 6) is -0.0927. The zero-order valence-corrected chi connectivity index (χ0v) is 17.0. The molecule has 1 aromatic carbocycles. The molecule has 0 spiro atoms. The van der Waals surface area contributed by atoms with E-state index in [1.807, 2.05) is 0 Å². The SMILES string of the molecule is Cc1cc(C(=O)N2CCO[C@@H](COCc3c(Cl)cccc3Cl)C2)cc(Cl)n1. The molecule has 1 aliphatic heterocycles. The predicted molar refractivity (Wildman–Crippen MR) is 106 cm³/mol. The lowest BCUT2D eigenvalue weighted by Gasteiger charge is -2.33. The van der Waals surface area contributed by atoms with E-state index < -0.39 is 0 Å². The van der Waals surface area contributed by atoms with E-state index in [0.717, 1.165) is 5.56 Å². The number of halogens is 3. The number of morpholine rings is 1. The molecule has 8 heteroatoms. The van der Waals surface area contributed by atoms with Gasteiger partial charge in [-0.25, -0.2) is 4.98 Å². The molecule has 3 rings (SSSR count). The molecule has 0 aliphatic carbocycles. The van der Waals surface area contributed by atoms with Crippen LogP contribution >= 0.6 is 34.8 Å². The highest BCUT2D eigenvalue weighted by atomic mass is 35.5. The number of carbonyl (C=O) groups excluding carboxylic acids is 1. The molecule has 0 radical (unpaired) electrons. The van der Waals surface area contributed by atoms with E-state index in [-0.39, 0.29) is 18.6 Å². The van der Waals surface area contributed by atoms with E-state index >= 15 is 0 Å². The number of hydrogen-bond donors (Lipinski definition) is 0. The van der Waals surface area contributed by atoms with Crippen LogP contribution in [-0.2, 0) is 16.1 Å². The summed E-state index contributed by atoms with van der Waals surface area (Å²) in [6.45, 7) is 3.83. The van der Waals surface area contributed by atoms with Crippen LogP contribution in [0.3, 0.4) is 0 Å². The molecule has 1 amide bonds. The lowest BCUT2D eigenvalue weighted by Crippen LogP contribution is -2.47. The van der Waals surface area contributed by atoms with Crippen LogP contribution in [0, 0.1) is 6.92 Å². The highest BCUT2D eigenvalue weighted by Gasteiger charge is 2.25. The fourth-order valence-electron chi connectivity index (χ4n) is 2.90. The Morgan fingerprint density at radius 3 is 2.74 bits per heavy atom. The minimum absolute atomic E-state index is 0.0927. The van der Waals surface area contributed by atoms with Crippen LogP contribution in [0.4, 0.5) is 0 Å². The Hall–Kier alpha value is -1.37. The first-order valence-corrected chi connectivity index (χ1v) is 9.63. The molecule has 1 aromatic heterocycles. The maximum absolute atomic E-state index is 12.7. The number of benzene rings is 1. The summed E-state index contributed by atoms with van der Waals surface area (Å²) in [6.07, 6.45) is -0.220. The molecule has 0 saturated carbocycles. The minimum Gasteiger partial charge on any atom is -0.374 e. The van der Waals surface area contributed by atoms with Gasteiger partial charge in [-0.2, -0.15) is 0 Å². The Morgan fingerprint density at radius 2 is 2.04 bits per heavy atom. The third-order valence-corrected chi connectivity index (χ3v) is 5.11. The van der Waals surface area contributed by atoms with Crippen molar-refractivity contribution >= 4 is 40.7 Å². The van der Waals surface area contributed by atoms with Crippen LogP contribution in [0.25, 0.3) is 0 Å². The topological polar surface area (TPSA) is 51.7 Å². The van der Waals surface area contributed by atoms with Gasteiger partial charge in [0.25, 0.3) is 5.91 Å². The lowest BCUT2D eigenvalue weighted by molar-refractivity contribution is -0.0647. The first kappa shape index (κ1) is 20.4. The van der Waals surface area contributed by atoms with E-state index in [0.29, 0.717) is 52.8 Å². The third kappa shape index (κ3) is 5.33. The van der Waals surface area contributed by atoms with Gasteiger partial charge in [0.05, 0.1) is 25.9 Å². The summed E-state index contributed by atoms with van der Waals surface area (Å²) in [6, 6.07) is 8.64. The lowest BCUT2D eigenvalue weighted by atomic mass is 10.2. The molecule has 0 unspecified atom stereocenters. The standard InChI is InChI=1S/C19H19Cl3N2O3/c1-12-7-13(8-18(22)23-12)19(25)24-5-6-27-14(9-24)10-26-11-15-16(20)3-2-4-17(15)21/h2-4,7-8,14H,5-6,9-11H2,1H3/t14-/m1/s1. The van der Waals surface area contributed by atoms with Gasteiger partial charge in [-0.15, -0.1) is 0 Å². The van der Waals surface area contributed by atoms with Crippen LogP contribution < -0.4 is 0 Å². The molecule has 5 nitrogen and oxygen atoms in total. The number of carbonyl (C=O) groups is 1. The summed E-state index contributed by atoms with van der Waals surface area (Å²) in [5, 5.41) is 1.44. The smallest absolute Gasteiger partial charge is 0.254 e. The van der Waals surface area contributed by atoms with Crippen molar-refractivity contribution in [1.82, 2.24) is 9.88 Å². The molecule has 144 valence electrons. The van der Waals surface area contributed by atoms with Gasteiger partial charge in [0, 0.05) is 40.0 Å². The first-order valence-electron chi connectivity index (χ1n) is 8.49. The number of aryl methyl sites for hydroxylation is 1. The van der Waals surface area contributed by atoms with Crippen LogP contribution in [0.15, 0.2) is 30.3 Å². The van der Waals surface area contributed by atoms with Crippen LogP contribution in [-0.4, -0.2) is 48.2 Å². The Kier molecular flexibility index (Phi) is 6.95. The molecule has 0 bridgehead atoms. The van der Waals surface area contributed by atoms with Crippen molar-refractivity contribution in [1.29, 1.82) is 0 Å². The molecule has 0 N–H and O–H groups in total. The molecule has 2 heterocycles. The van der Waals surface area contributed by atoms with Crippen molar-refractivity contribution in [2.45, 2.75) is 19.6 Å². The van der Waals surface area contributed by atoms with Gasteiger partial charge < -0.3 is 14.4 Å². The van der Waals surface area contributed by atoms with Crippen molar-refractivity contribution in [2.75, 3.05) is 26.3 Å². The summed E-state index contributed by atoms with van der Waals surface area (Å²) in [7, 11) is 0. The van der Waals surface area contributed by atoms with Crippen molar-refractivity contribution < 1.29 is 14.3 Å². The van der Waals surface area contributed by atoms with Gasteiger partial charge in [-0.05, 0) is 31.2 Å². The number of ether oxygens (including phenoxy) is 2. The average Bonchev–Trinajstić information content (AvgIpc) is 2.63. The van der Waals surface area contributed by atoms with Crippen molar-refractivity contribution in [3.05, 3.63) is 62.4 Å². The summed E-state index contributed by atoms with van der Waals surface area (Å²) >= 11 is 18.3. The molecular formula is C19H19Cl3N2O3. The van der Waals surface area contributed by atoms with E-state index in [1.165, 1.54) is 0 Å². The molecule has 27 heavy (non-hydrogen) atoms. The normalized spacial score (nSPS) is 17.2. The largest absolute Gasteiger partial charge is 0.374 e. The summed E-state index contributed by atoms with van der Waals surface area (Å²) < 4.78 is 11.4. The number of amides is 1. The van der Waals surface area contributed by atoms with Gasteiger partial charge in [0.2, 0.25) is 0 Å². The number of aromatic nitrogens is 1. The Balaban J connectivity index is 1.57. The zero-order chi connectivity index (χ0) is 19.4. The van der Waals surface area contributed by atoms with Gasteiger partial charge >= 0.3 is 0 Å². The van der Waals surface area contributed by atoms with Crippen molar-refractivity contribution in [3.63, 3.8) is 0 Å². The van der Waals surface area contributed by atoms with Gasteiger partial charge in [-0.3, -0.25) is 4.79 Å². The molecule has 1 atom stereocenters. The van der Waals surface area contributed by atoms with Crippen LogP contribution in [0.5, 0.6) is 0 Å². The van der Waals surface area contributed by atoms with E-state index in [2.05, 4.69) is 4.98 Å². The average molecular weight is 430 g/mol. The molecule has 1 aliphatic rings.